The predicted octanol–water partition coefficient (Wildman–Crippen LogP) is 5.93. The lowest BCUT2D eigenvalue weighted by Crippen LogP contribution is -2.31. The van der Waals surface area contributed by atoms with E-state index in [1.807, 2.05) is 18.3 Å². The average Bonchev–Trinajstić information content (AvgIpc) is 3.27. The largest absolute Gasteiger partial charge is 0.380 e. The number of fused-ring (bicyclic) bond motifs is 2. The summed E-state index contributed by atoms with van der Waals surface area (Å²) in [5.41, 5.74) is 7.15. The van der Waals surface area contributed by atoms with Gasteiger partial charge in [0.15, 0.2) is 5.78 Å². The number of carbonyl (C=O) groups excluding carboxylic acids is 1. The minimum absolute atomic E-state index is 0. The van der Waals surface area contributed by atoms with Crippen LogP contribution in [-0.2, 0) is 6.42 Å². The van der Waals surface area contributed by atoms with E-state index in [9.17, 15) is 4.79 Å². The fourth-order valence-corrected chi connectivity index (χ4v) is 5.11. The van der Waals surface area contributed by atoms with E-state index in [4.69, 9.17) is 4.98 Å². The third kappa shape index (κ3) is 4.87. The summed E-state index contributed by atoms with van der Waals surface area (Å²) >= 11 is 0. The lowest BCUT2D eigenvalue weighted by atomic mass is 9.85. The van der Waals surface area contributed by atoms with Crippen molar-refractivity contribution in [3.63, 3.8) is 0 Å². The lowest BCUT2D eigenvalue weighted by Gasteiger charge is -2.31. The molecule has 6 nitrogen and oxygen atoms in total. The number of benzene rings is 1. The Morgan fingerprint density at radius 1 is 1.12 bits per heavy atom. The number of pyridine rings is 2. The molecule has 1 aliphatic heterocycles. The van der Waals surface area contributed by atoms with Crippen molar-refractivity contribution in [1.29, 1.82) is 0 Å². The number of hydrogen-bond donors (Lipinski definition) is 1. The van der Waals surface area contributed by atoms with Crippen molar-refractivity contribution < 1.29 is 4.79 Å². The zero-order valence-corrected chi connectivity index (χ0v) is 19.6. The number of nitrogens with zero attached hydrogens (tertiary/aromatic N) is 4. The van der Waals surface area contributed by atoms with Gasteiger partial charge in [-0.2, -0.15) is 0 Å². The van der Waals surface area contributed by atoms with Gasteiger partial charge in [-0.3, -0.25) is 14.8 Å². The monoisotopic (exact) mass is 457 g/mol. The Morgan fingerprint density at radius 3 is 2.65 bits per heavy atom. The maximum atomic E-state index is 12.5. The van der Waals surface area contributed by atoms with Gasteiger partial charge in [0.05, 0.1) is 28.1 Å². The molecule has 1 aromatic carbocycles. The Balaban J connectivity index is 0.00000274. The number of nitrogens with one attached hydrogen (secondary N) is 1. The van der Waals surface area contributed by atoms with Gasteiger partial charge in [0, 0.05) is 37.0 Å². The molecule has 5 rings (SSSR count). The van der Waals surface area contributed by atoms with Gasteiger partial charge < -0.3 is 10.2 Å². The lowest BCUT2D eigenvalue weighted by molar-refractivity contribution is 0.101. The SMILES string of the molecule is C.CC(=O)c1cnc2ccc(-c3ccc4c(c3)N=CC4)nc2c1NC1CCC(CN(C)C)CC1. The molecular weight excluding hydrogens is 422 g/mol. The molecule has 0 radical (unpaired) electrons. The Bertz CT molecular complexity index is 1220. The first-order valence-electron chi connectivity index (χ1n) is 11.9. The van der Waals surface area contributed by atoms with Gasteiger partial charge in [0.2, 0.25) is 0 Å². The van der Waals surface area contributed by atoms with Crippen LogP contribution in [0.4, 0.5) is 11.4 Å². The highest BCUT2D eigenvalue weighted by atomic mass is 16.1. The minimum Gasteiger partial charge on any atom is -0.380 e. The van der Waals surface area contributed by atoms with E-state index in [-0.39, 0.29) is 13.2 Å². The van der Waals surface area contributed by atoms with Gasteiger partial charge in [-0.15, -0.1) is 0 Å². The van der Waals surface area contributed by atoms with Gasteiger partial charge in [-0.25, -0.2) is 4.98 Å². The molecule has 1 fully saturated rings. The van der Waals surface area contributed by atoms with Crippen LogP contribution in [0.25, 0.3) is 22.3 Å². The molecule has 178 valence electrons. The van der Waals surface area contributed by atoms with Crippen LogP contribution >= 0.6 is 0 Å². The fraction of sp³-hybridized carbons (Fsp3) is 0.429. The molecule has 0 bridgehead atoms. The quantitative estimate of drug-likeness (QED) is 0.465. The van der Waals surface area contributed by atoms with Crippen LogP contribution < -0.4 is 5.32 Å². The predicted molar refractivity (Wildman–Crippen MR) is 141 cm³/mol. The highest BCUT2D eigenvalue weighted by molar-refractivity contribution is 6.06. The van der Waals surface area contributed by atoms with Gasteiger partial charge in [-0.05, 0) is 76.4 Å². The number of hydrogen-bond acceptors (Lipinski definition) is 6. The summed E-state index contributed by atoms with van der Waals surface area (Å²) in [6, 6.07) is 10.7. The van der Waals surface area contributed by atoms with E-state index >= 15 is 0 Å². The molecule has 6 heteroatoms. The Kier molecular flexibility index (Phi) is 7.08. The van der Waals surface area contributed by atoms with Gasteiger partial charge in [0.25, 0.3) is 0 Å². The number of Topliss-reactive ketones (excluding diaryl/α,β-unsaturated/α-hetero) is 1. The van der Waals surface area contributed by atoms with Crippen molar-refractivity contribution in [3.8, 4) is 11.3 Å². The summed E-state index contributed by atoms with van der Waals surface area (Å²) < 4.78 is 0. The number of anilines is 1. The van der Waals surface area contributed by atoms with Crippen LogP contribution in [-0.4, -0.2) is 53.5 Å². The fourth-order valence-electron chi connectivity index (χ4n) is 5.11. The third-order valence-corrected chi connectivity index (χ3v) is 6.83. The van der Waals surface area contributed by atoms with Crippen LogP contribution in [0.5, 0.6) is 0 Å². The first kappa shape index (κ1) is 24.0. The molecule has 1 aliphatic carbocycles. The topological polar surface area (TPSA) is 70.5 Å². The summed E-state index contributed by atoms with van der Waals surface area (Å²) in [7, 11) is 4.28. The molecule has 2 aliphatic rings. The molecule has 34 heavy (non-hydrogen) atoms. The molecule has 0 amide bonds. The average molecular weight is 458 g/mol. The first-order chi connectivity index (χ1) is 16.0. The molecule has 0 saturated heterocycles. The Morgan fingerprint density at radius 2 is 1.91 bits per heavy atom. The van der Waals surface area contributed by atoms with E-state index in [1.165, 1.54) is 18.4 Å². The Labute approximate surface area is 202 Å². The third-order valence-electron chi connectivity index (χ3n) is 6.83. The molecule has 0 unspecified atom stereocenters. The molecule has 0 spiro atoms. The van der Waals surface area contributed by atoms with Gasteiger partial charge >= 0.3 is 0 Å². The molecule has 2 aromatic heterocycles. The van der Waals surface area contributed by atoms with Crippen molar-refractivity contribution in [1.82, 2.24) is 14.9 Å². The summed E-state index contributed by atoms with van der Waals surface area (Å²) in [5, 5.41) is 3.71. The number of ketones is 1. The smallest absolute Gasteiger partial charge is 0.163 e. The normalized spacial score (nSPS) is 19.2. The zero-order chi connectivity index (χ0) is 22.9. The molecule has 3 aromatic rings. The molecule has 0 atom stereocenters. The zero-order valence-electron chi connectivity index (χ0n) is 19.6. The van der Waals surface area contributed by atoms with Gasteiger partial charge in [0.1, 0.15) is 5.52 Å². The molecule has 1 N–H and O–H groups in total. The number of aliphatic imine (C=N–C) groups is 1. The van der Waals surface area contributed by atoms with Crippen molar-refractivity contribution >= 4 is 34.4 Å². The first-order valence-corrected chi connectivity index (χ1v) is 11.9. The van der Waals surface area contributed by atoms with Crippen LogP contribution in [0.1, 0.15) is 56.0 Å². The second kappa shape index (κ2) is 10.0. The highest BCUT2D eigenvalue weighted by Crippen LogP contribution is 2.34. The van der Waals surface area contributed by atoms with Crippen molar-refractivity contribution in [2.75, 3.05) is 26.0 Å². The van der Waals surface area contributed by atoms with E-state index in [1.54, 1.807) is 13.1 Å². The van der Waals surface area contributed by atoms with E-state index in [2.05, 4.69) is 52.5 Å². The standard InChI is InChI=1S/C27H31N5O.CH4/c1-17(33)22-15-29-24-11-10-23(20-7-6-19-12-13-28-25(19)14-20)31-27(24)26(22)30-21-8-4-18(5-9-21)16-32(2)3;/h6-7,10-11,13-15,18,21H,4-5,8-9,12,16H2,1-3H3,(H,29,30);1H4. The molecule has 3 heterocycles. The van der Waals surface area contributed by atoms with Crippen molar-refractivity contribution in [2.24, 2.45) is 10.9 Å². The number of rotatable bonds is 6. The van der Waals surface area contributed by atoms with Crippen molar-refractivity contribution in [3.05, 3.63) is 47.7 Å². The van der Waals surface area contributed by atoms with Gasteiger partial charge in [-0.1, -0.05) is 19.6 Å². The van der Waals surface area contributed by atoms with E-state index in [0.29, 0.717) is 11.6 Å². The van der Waals surface area contributed by atoms with E-state index < -0.39 is 0 Å². The molecule has 1 saturated carbocycles. The minimum atomic E-state index is 0. The maximum Gasteiger partial charge on any atom is 0.163 e. The van der Waals surface area contributed by atoms with Crippen LogP contribution in [0, 0.1) is 5.92 Å². The van der Waals surface area contributed by atoms with Crippen molar-refractivity contribution in [2.45, 2.75) is 52.5 Å². The number of aromatic nitrogens is 2. The Hall–Kier alpha value is -3.12. The summed E-state index contributed by atoms with van der Waals surface area (Å²) in [6.07, 6.45) is 9.11. The van der Waals surface area contributed by atoms with Crippen LogP contribution in [0.15, 0.2) is 41.5 Å². The second-order valence-electron chi connectivity index (χ2n) is 9.65. The molecular formula is C28H35N5O. The second-order valence-corrected chi connectivity index (χ2v) is 9.65. The number of carbonyl (C=O) groups is 1. The maximum absolute atomic E-state index is 12.5. The van der Waals surface area contributed by atoms with E-state index in [0.717, 1.165) is 65.4 Å². The summed E-state index contributed by atoms with van der Waals surface area (Å²) in [4.78, 5) is 28.8. The summed E-state index contributed by atoms with van der Waals surface area (Å²) in [6.45, 7) is 2.74. The highest BCUT2D eigenvalue weighted by Gasteiger charge is 2.24. The summed E-state index contributed by atoms with van der Waals surface area (Å²) in [5.74, 6) is 0.749. The van der Waals surface area contributed by atoms with Crippen LogP contribution in [0.3, 0.4) is 0 Å². The van der Waals surface area contributed by atoms with Crippen LogP contribution in [0.2, 0.25) is 0 Å².